The number of morpholine rings is 1. The third kappa shape index (κ3) is 5.13. The van der Waals surface area contributed by atoms with Crippen molar-refractivity contribution in [3.05, 3.63) is 82.0 Å². The molecule has 1 N–H and O–H groups in total. The van der Waals surface area contributed by atoms with Gasteiger partial charge in [0.25, 0.3) is 5.91 Å². The highest BCUT2D eigenvalue weighted by Crippen LogP contribution is 2.29. The number of benzene rings is 2. The number of nitrogens with zero attached hydrogens (tertiary/aromatic N) is 4. The zero-order valence-electron chi connectivity index (χ0n) is 20.2. The number of aryl methyl sites for hydroxylation is 2. The van der Waals surface area contributed by atoms with E-state index in [1.54, 1.807) is 11.3 Å². The number of hydrogen-bond donors (Lipinski definition) is 1. The van der Waals surface area contributed by atoms with Gasteiger partial charge < -0.3 is 15.0 Å². The normalized spacial score (nSPS) is 13.7. The lowest BCUT2D eigenvalue weighted by molar-refractivity contribution is 0.102. The van der Waals surface area contributed by atoms with E-state index in [0.717, 1.165) is 65.3 Å². The number of hydrogen-bond acceptors (Lipinski definition) is 6. The number of rotatable bonds is 6. The number of ether oxygens (including phenoxy) is 1. The number of carbonyl (C=O) groups excluding carboxylic acids is 1. The topological polar surface area (TPSA) is 72.3 Å². The van der Waals surface area contributed by atoms with Crippen LogP contribution in [0.15, 0.2) is 53.9 Å². The van der Waals surface area contributed by atoms with Crippen LogP contribution in [0.4, 0.5) is 10.8 Å². The van der Waals surface area contributed by atoms with E-state index in [1.807, 2.05) is 42.8 Å². The Labute approximate surface area is 209 Å². The number of aromatic nitrogens is 3. The van der Waals surface area contributed by atoms with Crippen LogP contribution in [0, 0.1) is 20.8 Å². The summed E-state index contributed by atoms with van der Waals surface area (Å²) in [4.78, 5) is 20.2. The molecule has 1 amide bonds. The van der Waals surface area contributed by atoms with Crippen molar-refractivity contribution in [1.29, 1.82) is 0 Å². The smallest absolute Gasteiger partial charge is 0.259 e. The molecule has 0 bridgehead atoms. The molecule has 0 radical (unpaired) electrons. The maximum Gasteiger partial charge on any atom is 0.259 e. The maximum atomic E-state index is 13.1. The maximum absolute atomic E-state index is 13.1. The van der Waals surface area contributed by atoms with Crippen molar-refractivity contribution in [3.8, 4) is 11.3 Å². The summed E-state index contributed by atoms with van der Waals surface area (Å²) in [6, 6.07) is 16.2. The quantitative estimate of drug-likeness (QED) is 0.411. The Morgan fingerprint density at radius 2 is 1.74 bits per heavy atom. The van der Waals surface area contributed by atoms with Gasteiger partial charge in [0.05, 0.1) is 36.7 Å². The van der Waals surface area contributed by atoms with Crippen molar-refractivity contribution in [1.82, 2.24) is 14.8 Å². The molecule has 8 heteroatoms. The summed E-state index contributed by atoms with van der Waals surface area (Å²) in [7, 11) is 0. The number of nitrogens with one attached hydrogen (secondary N) is 1. The van der Waals surface area contributed by atoms with Gasteiger partial charge in [0.15, 0.2) is 5.13 Å². The number of thiazole rings is 1. The minimum Gasteiger partial charge on any atom is -0.378 e. The van der Waals surface area contributed by atoms with E-state index in [4.69, 9.17) is 9.72 Å². The second-order valence-corrected chi connectivity index (χ2v) is 9.67. The van der Waals surface area contributed by atoms with Crippen LogP contribution in [0.3, 0.4) is 0 Å². The van der Waals surface area contributed by atoms with Gasteiger partial charge in [-0.1, -0.05) is 42.0 Å². The van der Waals surface area contributed by atoms with E-state index in [1.165, 1.54) is 5.56 Å². The molecule has 35 heavy (non-hydrogen) atoms. The molecule has 1 aliphatic rings. The Balaban J connectivity index is 1.27. The Kier molecular flexibility index (Phi) is 6.66. The molecule has 5 rings (SSSR count). The summed E-state index contributed by atoms with van der Waals surface area (Å²) in [6.07, 6.45) is 0. The van der Waals surface area contributed by atoms with E-state index in [9.17, 15) is 4.79 Å². The van der Waals surface area contributed by atoms with Crippen LogP contribution in [0.5, 0.6) is 0 Å². The van der Waals surface area contributed by atoms with Gasteiger partial charge in [-0.05, 0) is 38.5 Å². The van der Waals surface area contributed by atoms with Crippen LogP contribution in [0.25, 0.3) is 11.3 Å². The minimum absolute atomic E-state index is 0.147. The summed E-state index contributed by atoms with van der Waals surface area (Å²) in [5.41, 5.74) is 7.29. The van der Waals surface area contributed by atoms with Gasteiger partial charge in [-0.15, -0.1) is 11.3 Å². The first-order valence-corrected chi connectivity index (χ1v) is 12.7. The number of carbonyl (C=O) groups is 1. The molecule has 1 fully saturated rings. The molecule has 0 atom stereocenters. The SMILES string of the molecule is Cc1ccc(Cn2nc(C)c(C(=O)Nc3ccc(-c4csc(N5CCOCC5)n4)cc3)c2C)cc1. The lowest BCUT2D eigenvalue weighted by Crippen LogP contribution is -2.36. The lowest BCUT2D eigenvalue weighted by Gasteiger charge is -2.26. The highest BCUT2D eigenvalue weighted by atomic mass is 32.1. The predicted molar refractivity (Wildman–Crippen MR) is 141 cm³/mol. The second-order valence-electron chi connectivity index (χ2n) is 8.84. The van der Waals surface area contributed by atoms with Crippen molar-refractivity contribution >= 4 is 28.1 Å². The summed E-state index contributed by atoms with van der Waals surface area (Å²) in [6.45, 7) is 9.76. The zero-order chi connectivity index (χ0) is 24.4. The van der Waals surface area contributed by atoms with Crippen LogP contribution in [-0.2, 0) is 11.3 Å². The Bertz CT molecular complexity index is 1320. The van der Waals surface area contributed by atoms with Gasteiger partial charge in [-0.3, -0.25) is 9.48 Å². The van der Waals surface area contributed by atoms with Gasteiger partial charge in [0, 0.05) is 35.4 Å². The minimum atomic E-state index is -0.147. The summed E-state index contributed by atoms with van der Waals surface area (Å²) in [5.74, 6) is -0.147. The fourth-order valence-corrected chi connectivity index (χ4v) is 5.15. The van der Waals surface area contributed by atoms with Gasteiger partial charge >= 0.3 is 0 Å². The van der Waals surface area contributed by atoms with Crippen molar-refractivity contribution in [3.63, 3.8) is 0 Å². The molecule has 2 aromatic heterocycles. The first-order chi connectivity index (χ1) is 17.0. The molecule has 3 heterocycles. The molecule has 0 unspecified atom stereocenters. The van der Waals surface area contributed by atoms with Gasteiger partial charge in [-0.2, -0.15) is 5.10 Å². The molecule has 0 spiro atoms. The van der Waals surface area contributed by atoms with Gasteiger partial charge in [0.2, 0.25) is 0 Å². The standard InChI is InChI=1S/C27H29N5O2S/c1-18-4-6-21(7-5-18)16-32-20(3)25(19(2)30-32)26(33)28-23-10-8-22(9-11-23)24-17-35-27(29-24)31-12-14-34-15-13-31/h4-11,17H,12-16H2,1-3H3,(H,28,33). The molecule has 4 aromatic rings. The number of amides is 1. The molecule has 1 aliphatic heterocycles. The fourth-order valence-electron chi connectivity index (χ4n) is 4.26. The molecular weight excluding hydrogens is 458 g/mol. The second kappa shape index (κ2) is 10.0. The highest BCUT2D eigenvalue weighted by molar-refractivity contribution is 7.14. The van der Waals surface area contributed by atoms with Crippen LogP contribution in [0.1, 0.15) is 32.9 Å². The Hall–Kier alpha value is -3.49. The van der Waals surface area contributed by atoms with Crippen LogP contribution >= 0.6 is 11.3 Å². The molecule has 2 aromatic carbocycles. The van der Waals surface area contributed by atoms with Crippen molar-refractivity contribution in [2.75, 3.05) is 36.5 Å². The average molecular weight is 488 g/mol. The largest absolute Gasteiger partial charge is 0.378 e. The number of anilines is 2. The van der Waals surface area contributed by atoms with E-state index in [2.05, 4.69) is 51.9 Å². The first-order valence-electron chi connectivity index (χ1n) is 11.8. The van der Waals surface area contributed by atoms with Gasteiger partial charge in [0.1, 0.15) is 0 Å². The molecule has 180 valence electrons. The van der Waals surface area contributed by atoms with E-state index in [-0.39, 0.29) is 5.91 Å². The molecule has 0 aliphatic carbocycles. The summed E-state index contributed by atoms with van der Waals surface area (Å²) in [5, 5.41) is 10.7. The van der Waals surface area contributed by atoms with E-state index in [0.29, 0.717) is 12.1 Å². The molecular formula is C27H29N5O2S. The van der Waals surface area contributed by atoms with Crippen LogP contribution in [-0.4, -0.2) is 47.0 Å². The highest BCUT2D eigenvalue weighted by Gasteiger charge is 2.19. The fraction of sp³-hybridized carbons (Fsp3) is 0.296. The molecule has 1 saturated heterocycles. The van der Waals surface area contributed by atoms with E-state index < -0.39 is 0 Å². The third-order valence-electron chi connectivity index (χ3n) is 6.27. The third-order valence-corrected chi connectivity index (χ3v) is 7.18. The molecule has 0 saturated carbocycles. The van der Waals surface area contributed by atoms with Crippen LogP contribution < -0.4 is 10.2 Å². The van der Waals surface area contributed by atoms with Gasteiger partial charge in [-0.25, -0.2) is 4.98 Å². The summed E-state index contributed by atoms with van der Waals surface area (Å²) >= 11 is 1.65. The first kappa shape index (κ1) is 23.3. The average Bonchev–Trinajstić information content (AvgIpc) is 3.46. The monoisotopic (exact) mass is 487 g/mol. The zero-order valence-corrected chi connectivity index (χ0v) is 21.1. The van der Waals surface area contributed by atoms with E-state index >= 15 is 0 Å². The molecule has 7 nitrogen and oxygen atoms in total. The Morgan fingerprint density at radius 1 is 1.03 bits per heavy atom. The van der Waals surface area contributed by atoms with Crippen molar-refractivity contribution in [2.24, 2.45) is 0 Å². The van der Waals surface area contributed by atoms with Crippen LogP contribution in [0.2, 0.25) is 0 Å². The van der Waals surface area contributed by atoms with Crippen molar-refractivity contribution in [2.45, 2.75) is 27.3 Å². The Morgan fingerprint density at radius 3 is 2.46 bits per heavy atom. The lowest BCUT2D eigenvalue weighted by atomic mass is 10.1. The predicted octanol–water partition coefficient (Wildman–Crippen LogP) is 5.07. The summed E-state index contributed by atoms with van der Waals surface area (Å²) < 4.78 is 7.33. The van der Waals surface area contributed by atoms with Crippen molar-refractivity contribution < 1.29 is 9.53 Å².